The van der Waals surface area contributed by atoms with E-state index in [0.717, 1.165) is 43.1 Å². The first-order valence-electron chi connectivity index (χ1n) is 6.72. The van der Waals surface area contributed by atoms with Crippen LogP contribution in [0, 0.1) is 6.92 Å². The molecule has 112 valence electrons. The number of nitrogens with one attached hydrogen (secondary N) is 1. The lowest BCUT2D eigenvalue weighted by atomic mass is 10.1. The highest BCUT2D eigenvalue weighted by Gasteiger charge is 2.19. The Kier molecular flexibility index (Phi) is 4.67. The molecule has 0 aromatic heterocycles. The monoisotopic (exact) mass is 298 g/mol. The summed E-state index contributed by atoms with van der Waals surface area (Å²) >= 11 is 0. The zero-order valence-corrected chi connectivity index (χ0v) is 13.1. The maximum atomic E-state index is 12.0. The van der Waals surface area contributed by atoms with Gasteiger partial charge in [0.15, 0.2) is 9.84 Å². The Morgan fingerprint density at radius 1 is 1.30 bits per heavy atom. The summed E-state index contributed by atoms with van der Waals surface area (Å²) in [5.74, 6) is 0.738. The van der Waals surface area contributed by atoms with Crippen LogP contribution in [-0.2, 0) is 16.4 Å². The van der Waals surface area contributed by atoms with Crippen LogP contribution in [-0.4, -0.2) is 52.9 Å². The SMILES string of the molecule is COc1cc(CN2CCNCC2)c(S(C)(=O)=O)cc1C. The summed E-state index contributed by atoms with van der Waals surface area (Å²) in [6, 6.07) is 3.57. The molecule has 1 N–H and O–H groups in total. The van der Waals surface area contributed by atoms with E-state index < -0.39 is 9.84 Å². The average Bonchev–Trinajstić information content (AvgIpc) is 2.40. The lowest BCUT2D eigenvalue weighted by molar-refractivity contribution is 0.231. The van der Waals surface area contributed by atoms with Crippen LogP contribution in [0.15, 0.2) is 17.0 Å². The Morgan fingerprint density at radius 2 is 1.95 bits per heavy atom. The molecule has 1 fully saturated rings. The summed E-state index contributed by atoms with van der Waals surface area (Å²) in [6.07, 6.45) is 1.26. The van der Waals surface area contributed by atoms with Gasteiger partial charge in [0.2, 0.25) is 0 Å². The summed E-state index contributed by atoms with van der Waals surface area (Å²) < 4.78 is 29.3. The van der Waals surface area contributed by atoms with E-state index in [0.29, 0.717) is 11.4 Å². The maximum Gasteiger partial charge on any atom is 0.175 e. The van der Waals surface area contributed by atoms with E-state index in [9.17, 15) is 8.42 Å². The summed E-state index contributed by atoms with van der Waals surface area (Å²) in [5.41, 5.74) is 1.66. The van der Waals surface area contributed by atoms with Crippen LogP contribution in [0.25, 0.3) is 0 Å². The van der Waals surface area contributed by atoms with Gasteiger partial charge in [0, 0.05) is 39.0 Å². The molecule has 1 aromatic carbocycles. The van der Waals surface area contributed by atoms with Crippen LogP contribution in [0.3, 0.4) is 0 Å². The first-order valence-corrected chi connectivity index (χ1v) is 8.61. The van der Waals surface area contributed by atoms with Crippen LogP contribution < -0.4 is 10.1 Å². The van der Waals surface area contributed by atoms with Gasteiger partial charge in [-0.2, -0.15) is 0 Å². The molecule has 0 amide bonds. The average molecular weight is 298 g/mol. The standard InChI is InChI=1S/C14H22N2O3S/c1-11-8-14(20(3,17)18)12(9-13(11)19-2)10-16-6-4-15-5-7-16/h8-9,15H,4-7,10H2,1-3H3. The van der Waals surface area contributed by atoms with E-state index in [1.165, 1.54) is 6.26 Å². The van der Waals surface area contributed by atoms with E-state index in [1.807, 2.05) is 13.0 Å². The topological polar surface area (TPSA) is 58.6 Å². The van der Waals surface area contributed by atoms with E-state index in [-0.39, 0.29) is 0 Å². The first kappa shape index (κ1) is 15.3. The molecule has 0 saturated carbocycles. The van der Waals surface area contributed by atoms with Gasteiger partial charge in [-0.15, -0.1) is 0 Å². The molecule has 1 heterocycles. The molecule has 0 spiro atoms. The largest absolute Gasteiger partial charge is 0.496 e. The van der Waals surface area contributed by atoms with Gasteiger partial charge >= 0.3 is 0 Å². The molecule has 1 aliphatic rings. The molecular weight excluding hydrogens is 276 g/mol. The molecule has 0 bridgehead atoms. The third-order valence-corrected chi connectivity index (χ3v) is 4.76. The summed E-state index contributed by atoms with van der Waals surface area (Å²) in [6.45, 7) is 6.25. The molecule has 0 unspecified atom stereocenters. The fourth-order valence-electron chi connectivity index (χ4n) is 2.50. The Morgan fingerprint density at radius 3 is 2.50 bits per heavy atom. The lowest BCUT2D eigenvalue weighted by Gasteiger charge is -2.28. The van der Waals surface area contributed by atoms with Gasteiger partial charge in [-0.25, -0.2) is 8.42 Å². The predicted octanol–water partition coefficient (Wildman–Crippen LogP) is 0.812. The highest BCUT2D eigenvalue weighted by atomic mass is 32.2. The number of hydrogen-bond donors (Lipinski definition) is 1. The van der Waals surface area contributed by atoms with Crippen molar-refractivity contribution >= 4 is 9.84 Å². The van der Waals surface area contributed by atoms with Crippen molar-refractivity contribution < 1.29 is 13.2 Å². The van der Waals surface area contributed by atoms with Crippen molar-refractivity contribution in [1.82, 2.24) is 10.2 Å². The Bertz CT molecular complexity index is 578. The molecule has 6 heteroatoms. The summed E-state index contributed by atoms with van der Waals surface area (Å²) in [5, 5.41) is 3.29. The molecule has 0 atom stereocenters. The predicted molar refractivity (Wildman–Crippen MR) is 79.0 cm³/mol. The molecule has 1 saturated heterocycles. The lowest BCUT2D eigenvalue weighted by Crippen LogP contribution is -2.43. The number of methoxy groups -OCH3 is 1. The fraction of sp³-hybridized carbons (Fsp3) is 0.571. The van der Waals surface area contributed by atoms with Crippen molar-refractivity contribution in [2.24, 2.45) is 0 Å². The van der Waals surface area contributed by atoms with Crippen molar-refractivity contribution in [3.63, 3.8) is 0 Å². The van der Waals surface area contributed by atoms with Gasteiger partial charge < -0.3 is 10.1 Å². The molecule has 1 aliphatic heterocycles. The minimum atomic E-state index is -3.23. The molecule has 2 rings (SSSR count). The van der Waals surface area contributed by atoms with Gasteiger partial charge in [-0.1, -0.05) is 0 Å². The van der Waals surface area contributed by atoms with Crippen molar-refractivity contribution in [2.75, 3.05) is 39.5 Å². The van der Waals surface area contributed by atoms with E-state index in [1.54, 1.807) is 13.2 Å². The van der Waals surface area contributed by atoms with Crippen LogP contribution in [0.4, 0.5) is 0 Å². The number of nitrogens with zero attached hydrogens (tertiary/aromatic N) is 1. The number of ether oxygens (including phenoxy) is 1. The van der Waals surface area contributed by atoms with Gasteiger partial charge in [0.1, 0.15) is 5.75 Å². The molecule has 0 radical (unpaired) electrons. The molecular formula is C14H22N2O3S. The van der Waals surface area contributed by atoms with Crippen molar-refractivity contribution in [1.29, 1.82) is 0 Å². The van der Waals surface area contributed by atoms with Crippen molar-refractivity contribution in [2.45, 2.75) is 18.4 Å². The second-order valence-electron chi connectivity index (χ2n) is 5.23. The maximum absolute atomic E-state index is 12.0. The second kappa shape index (κ2) is 6.11. The number of sulfone groups is 1. The Hall–Kier alpha value is -1.11. The molecule has 20 heavy (non-hydrogen) atoms. The van der Waals surface area contributed by atoms with Crippen LogP contribution >= 0.6 is 0 Å². The van der Waals surface area contributed by atoms with Gasteiger partial charge in [-0.3, -0.25) is 4.90 Å². The van der Waals surface area contributed by atoms with E-state index >= 15 is 0 Å². The second-order valence-corrected chi connectivity index (χ2v) is 7.21. The normalized spacial score (nSPS) is 17.1. The van der Waals surface area contributed by atoms with E-state index in [2.05, 4.69) is 10.2 Å². The number of piperazine rings is 1. The highest BCUT2D eigenvalue weighted by molar-refractivity contribution is 7.90. The number of hydrogen-bond acceptors (Lipinski definition) is 5. The summed E-state index contributed by atoms with van der Waals surface area (Å²) in [7, 11) is -1.62. The third kappa shape index (κ3) is 3.50. The highest BCUT2D eigenvalue weighted by Crippen LogP contribution is 2.27. The Labute approximate surface area is 120 Å². The van der Waals surface area contributed by atoms with E-state index in [4.69, 9.17) is 4.74 Å². The quantitative estimate of drug-likeness (QED) is 0.891. The summed E-state index contributed by atoms with van der Waals surface area (Å²) in [4.78, 5) is 2.67. The molecule has 1 aromatic rings. The van der Waals surface area contributed by atoms with Gasteiger partial charge in [0.25, 0.3) is 0 Å². The zero-order valence-electron chi connectivity index (χ0n) is 12.3. The number of rotatable bonds is 4. The Balaban J connectivity index is 2.37. The third-order valence-electron chi connectivity index (χ3n) is 3.58. The van der Waals surface area contributed by atoms with Gasteiger partial charge in [-0.05, 0) is 30.2 Å². The minimum absolute atomic E-state index is 0.411. The van der Waals surface area contributed by atoms with Gasteiger partial charge in [0.05, 0.1) is 12.0 Å². The van der Waals surface area contributed by atoms with Crippen LogP contribution in [0.1, 0.15) is 11.1 Å². The molecule has 0 aliphatic carbocycles. The smallest absolute Gasteiger partial charge is 0.175 e. The number of benzene rings is 1. The minimum Gasteiger partial charge on any atom is -0.496 e. The zero-order chi connectivity index (χ0) is 14.8. The van der Waals surface area contributed by atoms with Crippen LogP contribution in [0.5, 0.6) is 5.75 Å². The molecule has 5 nitrogen and oxygen atoms in total. The number of aryl methyl sites for hydroxylation is 1. The van der Waals surface area contributed by atoms with Crippen molar-refractivity contribution in [3.05, 3.63) is 23.3 Å². The fourth-order valence-corrected chi connectivity index (χ4v) is 3.49. The van der Waals surface area contributed by atoms with Crippen LogP contribution in [0.2, 0.25) is 0 Å². The first-order chi connectivity index (χ1) is 9.41. The van der Waals surface area contributed by atoms with Crippen molar-refractivity contribution in [3.8, 4) is 5.75 Å².